The average molecular weight is 322 g/mol. The predicted octanol–water partition coefficient (Wildman–Crippen LogP) is 1.04. The van der Waals surface area contributed by atoms with Crippen LogP contribution in [-0.4, -0.2) is 56.1 Å². The van der Waals surface area contributed by atoms with Gasteiger partial charge in [-0.05, 0) is 37.4 Å². The van der Waals surface area contributed by atoms with Gasteiger partial charge in [-0.3, -0.25) is 4.79 Å². The van der Waals surface area contributed by atoms with E-state index < -0.39 is 0 Å². The first-order valence-electron chi connectivity index (χ1n) is 8.21. The number of nitrogens with zero attached hydrogens (tertiary/aromatic N) is 1. The molecule has 0 radical (unpaired) electrons. The summed E-state index contributed by atoms with van der Waals surface area (Å²) in [5.41, 5.74) is 0. The van der Waals surface area contributed by atoms with Gasteiger partial charge in [0, 0.05) is 32.7 Å². The fraction of sp³-hybridized carbons (Fsp3) is 0.625. The number of rotatable bonds is 7. The number of carbonyl (C=O) groups excluding carboxylic acids is 2. The van der Waals surface area contributed by atoms with Crippen LogP contribution in [0.3, 0.4) is 0 Å². The van der Waals surface area contributed by atoms with Gasteiger partial charge in [0.15, 0.2) is 5.76 Å². The Labute approximate surface area is 136 Å². The molecule has 1 aromatic rings. The van der Waals surface area contributed by atoms with Crippen molar-refractivity contribution in [3.05, 3.63) is 24.2 Å². The molecule has 1 atom stereocenters. The Hall–Kier alpha value is -2.02. The standard InChI is InChI=1S/C16H26N4O3/c1-13-4-2-9-20(12-13)10-8-19-16(22)18-7-6-17-15(21)14-5-3-11-23-14/h3,5,11,13H,2,4,6-10,12H2,1H3,(H,17,21)(H2,18,19,22). The number of carbonyl (C=O) groups is 2. The number of piperidine rings is 1. The minimum atomic E-state index is -0.281. The number of likely N-dealkylation sites (tertiary alicyclic amines) is 1. The summed E-state index contributed by atoms with van der Waals surface area (Å²) in [7, 11) is 0. The maximum atomic E-state index is 11.7. The minimum absolute atomic E-state index is 0.206. The van der Waals surface area contributed by atoms with Crippen molar-refractivity contribution in [1.29, 1.82) is 0 Å². The fourth-order valence-corrected chi connectivity index (χ4v) is 2.73. The molecule has 0 aromatic carbocycles. The average Bonchev–Trinajstić information content (AvgIpc) is 3.06. The summed E-state index contributed by atoms with van der Waals surface area (Å²) in [5.74, 6) is 0.733. The molecular formula is C16H26N4O3. The molecule has 1 unspecified atom stereocenters. The molecule has 0 bridgehead atoms. The van der Waals surface area contributed by atoms with E-state index in [-0.39, 0.29) is 17.7 Å². The zero-order valence-corrected chi connectivity index (χ0v) is 13.6. The maximum Gasteiger partial charge on any atom is 0.314 e. The van der Waals surface area contributed by atoms with Crippen LogP contribution in [0.5, 0.6) is 0 Å². The molecule has 7 nitrogen and oxygen atoms in total. The monoisotopic (exact) mass is 322 g/mol. The molecule has 1 aliphatic rings. The molecule has 7 heteroatoms. The summed E-state index contributed by atoms with van der Waals surface area (Å²) in [5, 5.41) is 8.22. The lowest BCUT2D eigenvalue weighted by Crippen LogP contribution is -2.44. The zero-order valence-electron chi connectivity index (χ0n) is 13.6. The van der Waals surface area contributed by atoms with E-state index in [9.17, 15) is 9.59 Å². The normalized spacial score (nSPS) is 18.4. The van der Waals surface area contributed by atoms with Gasteiger partial charge in [-0.2, -0.15) is 0 Å². The van der Waals surface area contributed by atoms with Crippen molar-refractivity contribution in [3.8, 4) is 0 Å². The minimum Gasteiger partial charge on any atom is -0.459 e. The Bertz CT molecular complexity index is 490. The lowest BCUT2D eigenvalue weighted by molar-refractivity contribution is 0.0926. The van der Waals surface area contributed by atoms with Crippen molar-refractivity contribution in [2.75, 3.05) is 39.3 Å². The molecule has 1 saturated heterocycles. The number of hydrogen-bond donors (Lipinski definition) is 3. The van der Waals surface area contributed by atoms with E-state index in [2.05, 4.69) is 27.8 Å². The molecule has 128 valence electrons. The van der Waals surface area contributed by atoms with Gasteiger partial charge in [-0.1, -0.05) is 6.92 Å². The van der Waals surface area contributed by atoms with Crippen LogP contribution in [0, 0.1) is 5.92 Å². The zero-order chi connectivity index (χ0) is 16.5. The lowest BCUT2D eigenvalue weighted by Gasteiger charge is -2.30. The Morgan fingerprint density at radius 2 is 2.04 bits per heavy atom. The topological polar surface area (TPSA) is 86.6 Å². The third-order valence-corrected chi connectivity index (χ3v) is 3.90. The van der Waals surface area contributed by atoms with Crippen molar-refractivity contribution in [1.82, 2.24) is 20.9 Å². The molecule has 1 aliphatic heterocycles. The molecule has 0 saturated carbocycles. The first-order chi connectivity index (χ1) is 11.1. The molecule has 3 amide bonds. The molecule has 0 aliphatic carbocycles. The van der Waals surface area contributed by atoms with Crippen LogP contribution in [0.15, 0.2) is 22.8 Å². The summed E-state index contributed by atoms with van der Waals surface area (Å²) >= 11 is 0. The van der Waals surface area contributed by atoms with Crippen molar-refractivity contribution in [3.63, 3.8) is 0 Å². The second-order valence-corrected chi connectivity index (χ2v) is 5.96. The molecule has 23 heavy (non-hydrogen) atoms. The summed E-state index contributed by atoms with van der Waals surface area (Å²) in [6.45, 7) is 6.75. The molecule has 2 heterocycles. The second kappa shape index (κ2) is 9.19. The Kier molecular flexibility index (Phi) is 6.93. The van der Waals surface area contributed by atoms with Gasteiger partial charge < -0.3 is 25.3 Å². The van der Waals surface area contributed by atoms with E-state index in [4.69, 9.17) is 4.42 Å². The van der Waals surface area contributed by atoms with Crippen LogP contribution in [0.4, 0.5) is 4.79 Å². The van der Waals surface area contributed by atoms with Gasteiger partial charge in [0.2, 0.25) is 0 Å². The van der Waals surface area contributed by atoms with Gasteiger partial charge in [0.25, 0.3) is 5.91 Å². The number of urea groups is 1. The number of furan rings is 1. The largest absolute Gasteiger partial charge is 0.459 e. The molecule has 3 N–H and O–H groups in total. The quantitative estimate of drug-likeness (QED) is 0.655. The number of nitrogens with one attached hydrogen (secondary N) is 3. The first kappa shape index (κ1) is 17.3. The number of amides is 3. The molecule has 1 fully saturated rings. The van der Waals surface area contributed by atoms with Crippen LogP contribution >= 0.6 is 0 Å². The summed E-state index contributed by atoms with van der Waals surface area (Å²) < 4.78 is 4.98. The maximum absolute atomic E-state index is 11.7. The molecule has 0 spiro atoms. The first-order valence-corrected chi connectivity index (χ1v) is 8.21. The summed E-state index contributed by atoms with van der Waals surface area (Å²) in [4.78, 5) is 25.6. The van der Waals surface area contributed by atoms with Crippen LogP contribution in [-0.2, 0) is 0 Å². The Morgan fingerprint density at radius 1 is 1.26 bits per heavy atom. The van der Waals surface area contributed by atoms with E-state index in [0.717, 1.165) is 25.6 Å². The number of hydrogen-bond acceptors (Lipinski definition) is 4. The van der Waals surface area contributed by atoms with E-state index >= 15 is 0 Å². The lowest BCUT2D eigenvalue weighted by atomic mass is 10.0. The Balaban J connectivity index is 1.49. The SMILES string of the molecule is CC1CCCN(CCNC(=O)NCCNC(=O)c2ccco2)C1. The van der Waals surface area contributed by atoms with Crippen LogP contribution in [0.25, 0.3) is 0 Å². The molecule has 1 aromatic heterocycles. The van der Waals surface area contributed by atoms with Gasteiger partial charge in [-0.25, -0.2) is 4.79 Å². The predicted molar refractivity (Wildman–Crippen MR) is 87.3 cm³/mol. The van der Waals surface area contributed by atoms with Gasteiger partial charge >= 0.3 is 6.03 Å². The molecule has 2 rings (SSSR count). The molecular weight excluding hydrogens is 296 g/mol. The van der Waals surface area contributed by atoms with Crippen LogP contribution in [0.2, 0.25) is 0 Å². The summed E-state index contributed by atoms with van der Waals surface area (Å²) in [6.07, 6.45) is 3.99. The highest BCUT2D eigenvalue weighted by Gasteiger charge is 2.15. The van der Waals surface area contributed by atoms with Crippen LogP contribution < -0.4 is 16.0 Å². The van der Waals surface area contributed by atoms with Crippen molar-refractivity contribution in [2.45, 2.75) is 19.8 Å². The fourth-order valence-electron chi connectivity index (χ4n) is 2.73. The summed E-state index contributed by atoms with van der Waals surface area (Å²) in [6, 6.07) is 3.04. The Morgan fingerprint density at radius 3 is 2.78 bits per heavy atom. The van der Waals surface area contributed by atoms with Crippen molar-refractivity contribution < 1.29 is 14.0 Å². The van der Waals surface area contributed by atoms with Gasteiger partial charge in [0.05, 0.1) is 6.26 Å². The van der Waals surface area contributed by atoms with E-state index in [1.165, 1.54) is 19.1 Å². The van der Waals surface area contributed by atoms with Crippen molar-refractivity contribution >= 4 is 11.9 Å². The van der Waals surface area contributed by atoms with E-state index in [0.29, 0.717) is 19.6 Å². The van der Waals surface area contributed by atoms with E-state index in [1.807, 2.05) is 0 Å². The van der Waals surface area contributed by atoms with Gasteiger partial charge in [-0.15, -0.1) is 0 Å². The highest BCUT2D eigenvalue weighted by Crippen LogP contribution is 2.14. The van der Waals surface area contributed by atoms with Gasteiger partial charge in [0.1, 0.15) is 0 Å². The second-order valence-electron chi connectivity index (χ2n) is 5.96. The highest BCUT2D eigenvalue weighted by atomic mass is 16.3. The third kappa shape index (κ3) is 6.32. The van der Waals surface area contributed by atoms with E-state index in [1.54, 1.807) is 12.1 Å². The highest BCUT2D eigenvalue weighted by molar-refractivity contribution is 5.91. The van der Waals surface area contributed by atoms with Crippen LogP contribution in [0.1, 0.15) is 30.3 Å². The smallest absolute Gasteiger partial charge is 0.314 e. The van der Waals surface area contributed by atoms with Crippen molar-refractivity contribution in [2.24, 2.45) is 5.92 Å². The third-order valence-electron chi connectivity index (χ3n) is 3.90.